The predicted octanol–water partition coefficient (Wildman–Crippen LogP) is 2.02. The zero-order valence-electron chi connectivity index (χ0n) is 12.9. The van der Waals surface area contributed by atoms with Gasteiger partial charge in [-0.05, 0) is 30.9 Å². The van der Waals surface area contributed by atoms with Crippen molar-refractivity contribution in [2.24, 2.45) is 5.92 Å². The fourth-order valence-corrected chi connectivity index (χ4v) is 2.85. The molecule has 2 fully saturated rings. The third-order valence-corrected chi connectivity index (χ3v) is 4.38. The van der Waals surface area contributed by atoms with Gasteiger partial charge in [0.25, 0.3) is 0 Å². The zero-order chi connectivity index (χ0) is 15.2. The summed E-state index contributed by atoms with van der Waals surface area (Å²) in [7, 11) is 0. The van der Waals surface area contributed by atoms with Crippen molar-refractivity contribution in [1.82, 2.24) is 10.2 Å². The molecule has 0 aliphatic carbocycles. The van der Waals surface area contributed by atoms with Gasteiger partial charge in [-0.25, -0.2) is 4.79 Å². The summed E-state index contributed by atoms with van der Waals surface area (Å²) in [5.41, 5.74) is 1.02. The molecule has 0 radical (unpaired) electrons. The van der Waals surface area contributed by atoms with Crippen molar-refractivity contribution in [2.75, 3.05) is 32.8 Å². The summed E-state index contributed by atoms with van der Waals surface area (Å²) >= 11 is 0. The number of carbonyl (C=O) groups is 1. The lowest BCUT2D eigenvalue weighted by Crippen LogP contribution is -2.60. The summed E-state index contributed by atoms with van der Waals surface area (Å²) in [6.45, 7) is 4.63. The van der Waals surface area contributed by atoms with E-state index in [1.165, 1.54) is 0 Å². The van der Waals surface area contributed by atoms with Crippen LogP contribution in [0.25, 0.3) is 0 Å². The molecule has 0 spiro atoms. The van der Waals surface area contributed by atoms with Gasteiger partial charge in [0, 0.05) is 32.3 Å². The Morgan fingerprint density at radius 3 is 2.68 bits per heavy atom. The van der Waals surface area contributed by atoms with Gasteiger partial charge in [0.05, 0.1) is 0 Å². The normalized spacial score (nSPS) is 19.7. The molecule has 2 saturated heterocycles. The number of rotatable bonds is 5. The first kappa shape index (κ1) is 15.3. The summed E-state index contributed by atoms with van der Waals surface area (Å²) in [4.78, 5) is 13.7. The first-order valence-corrected chi connectivity index (χ1v) is 8.08. The molecule has 2 aliphatic rings. The van der Waals surface area contributed by atoms with Crippen molar-refractivity contribution in [3.8, 4) is 0 Å². The Bertz CT molecular complexity index is 468. The predicted molar refractivity (Wildman–Crippen MR) is 83.5 cm³/mol. The highest BCUT2D eigenvalue weighted by Crippen LogP contribution is 2.16. The second-order valence-electron chi connectivity index (χ2n) is 6.11. The summed E-state index contributed by atoms with van der Waals surface area (Å²) in [6.07, 6.45) is 2.07. The maximum atomic E-state index is 11.9. The number of nitrogens with one attached hydrogen (secondary N) is 1. The first-order chi connectivity index (χ1) is 10.8. The van der Waals surface area contributed by atoms with Crippen molar-refractivity contribution in [3.05, 3.63) is 35.9 Å². The van der Waals surface area contributed by atoms with Gasteiger partial charge in [-0.1, -0.05) is 30.3 Å². The number of ether oxygens (including phenoxy) is 2. The van der Waals surface area contributed by atoms with Gasteiger partial charge in [-0.15, -0.1) is 0 Å². The van der Waals surface area contributed by atoms with E-state index in [0.717, 1.165) is 51.3 Å². The van der Waals surface area contributed by atoms with E-state index in [1.54, 1.807) is 4.90 Å². The van der Waals surface area contributed by atoms with Crippen LogP contribution in [-0.2, 0) is 16.1 Å². The molecule has 0 bridgehead atoms. The second-order valence-corrected chi connectivity index (χ2v) is 6.11. The van der Waals surface area contributed by atoms with Crippen LogP contribution in [0.15, 0.2) is 30.3 Å². The molecule has 0 unspecified atom stereocenters. The van der Waals surface area contributed by atoms with Crippen LogP contribution < -0.4 is 5.32 Å². The largest absolute Gasteiger partial charge is 0.445 e. The highest BCUT2D eigenvalue weighted by molar-refractivity contribution is 5.68. The van der Waals surface area contributed by atoms with Gasteiger partial charge in [0.15, 0.2) is 0 Å². The summed E-state index contributed by atoms with van der Waals surface area (Å²) in [6, 6.07) is 10.2. The Labute approximate surface area is 131 Å². The molecule has 1 amide bonds. The van der Waals surface area contributed by atoms with Crippen LogP contribution in [0, 0.1) is 5.92 Å². The number of benzene rings is 1. The molecule has 1 N–H and O–H groups in total. The van der Waals surface area contributed by atoms with Crippen LogP contribution in [0.2, 0.25) is 0 Å². The Hall–Kier alpha value is -1.59. The minimum atomic E-state index is -0.215. The van der Waals surface area contributed by atoms with E-state index in [1.807, 2.05) is 30.3 Å². The molecule has 0 aromatic heterocycles. The molecule has 120 valence electrons. The van der Waals surface area contributed by atoms with Crippen molar-refractivity contribution in [3.63, 3.8) is 0 Å². The quantitative estimate of drug-likeness (QED) is 0.904. The first-order valence-electron chi connectivity index (χ1n) is 8.08. The van der Waals surface area contributed by atoms with Crippen molar-refractivity contribution in [1.29, 1.82) is 0 Å². The van der Waals surface area contributed by atoms with E-state index in [4.69, 9.17) is 9.47 Å². The third-order valence-electron chi connectivity index (χ3n) is 4.38. The van der Waals surface area contributed by atoms with Gasteiger partial charge in [0.2, 0.25) is 0 Å². The Kier molecular flexibility index (Phi) is 5.29. The van der Waals surface area contributed by atoms with Crippen LogP contribution >= 0.6 is 0 Å². The zero-order valence-corrected chi connectivity index (χ0v) is 12.9. The lowest BCUT2D eigenvalue weighted by molar-refractivity contribution is 0.0497. The Morgan fingerprint density at radius 2 is 1.95 bits per heavy atom. The molecule has 0 atom stereocenters. The van der Waals surface area contributed by atoms with Crippen molar-refractivity contribution < 1.29 is 14.3 Å². The molecule has 1 aromatic carbocycles. The number of likely N-dealkylation sites (tertiary alicyclic amines) is 1. The maximum Gasteiger partial charge on any atom is 0.410 e. The molecule has 5 nitrogen and oxygen atoms in total. The van der Waals surface area contributed by atoms with Crippen molar-refractivity contribution >= 4 is 6.09 Å². The number of hydrogen-bond donors (Lipinski definition) is 1. The van der Waals surface area contributed by atoms with Crippen molar-refractivity contribution in [2.45, 2.75) is 25.5 Å². The van der Waals surface area contributed by atoms with Crippen LogP contribution in [0.4, 0.5) is 4.79 Å². The molecule has 2 aliphatic heterocycles. The van der Waals surface area contributed by atoms with E-state index in [2.05, 4.69) is 5.32 Å². The minimum absolute atomic E-state index is 0.215. The molecule has 2 heterocycles. The summed E-state index contributed by atoms with van der Waals surface area (Å²) < 4.78 is 10.7. The van der Waals surface area contributed by atoms with Gasteiger partial charge >= 0.3 is 6.09 Å². The molecular formula is C17H24N2O3. The van der Waals surface area contributed by atoms with Gasteiger partial charge in [-0.2, -0.15) is 0 Å². The van der Waals surface area contributed by atoms with Gasteiger partial charge < -0.3 is 19.7 Å². The van der Waals surface area contributed by atoms with Crippen LogP contribution in [0.3, 0.4) is 0 Å². The lowest BCUT2D eigenvalue weighted by Gasteiger charge is -2.39. The fourth-order valence-electron chi connectivity index (χ4n) is 2.85. The highest BCUT2D eigenvalue weighted by atomic mass is 16.6. The SMILES string of the molecule is O=C(OCc1ccccc1)N1CC(NCC2CCOCC2)C1. The molecular weight excluding hydrogens is 280 g/mol. The second kappa shape index (κ2) is 7.61. The van der Waals surface area contributed by atoms with E-state index in [9.17, 15) is 4.79 Å². The average molecular weight is 304 g/mol. The fraction of sp³-hybridized carbons (Fsp3) is 0.588. The van der Waals surface area contributed by atoms with E-state index >= 15 is 0 Å². The van der Waals surface area contributed by atoms with Gasteiger partial charge in [-0.3, -0.25) is 0 Å². The molecule has 22 heavy (non-hydrogen) atoms. The molecule has 1 aromatic rings. The third kappa shape index (κ3) is 4.21. The molecule has 5 heteroatoms. The Morgan fingerprint density at radius 1 is 1.23 bits per heavy atom. The van der Waals surface area contributed by atoms with E-state index < -0.39 is 0 Å². The smallest absolute Gasteiger partial charge is 0.410 e. The van der Waals surface area contributed by atoms with Crippen LogP contribution in [-0.4, -0.2) is 49.9 Å². The highest BCUT2D eigenvalue weighted by Gasteiger charge is 2.31. The Balaban J connectivity index is 1.30. The van der Waals surface area contributed by atoms with E-state index in [-0.39, 0.29) is 6.09 Å². The van der Waals surface area contributed by atoms with Crippen LogP contribution in [0.1, 0.15) is 18.4 Å². The van der Waals surface area contributed by atoms with E-state index in [0.29, 0.717) is 18.6 Å². The average Bonchev–Trinajstić information content (AvgIpc) is 2.53. The number of hydrogen-bond acceptors (Lipinski definition) is 4. The number of carbonyl (C=O) groups excluding carboxylic acids is 1. The standard InChI is InChI=1S/C17H24N2O3/c20-17(22-13-15-4-2-1-3-5-15)19-11-16(12-19)18-10-14-6-8-21-9-7-14/h1-5,14,16,18H,6-13H2. The van der Waals surface area contributed by atoms with Gasteiger partial charge in [0.1, 0.15) is 6.61 Å². The monoisotopic (exact) mass is 304 g/mol. The lowest BCUT2D eigenvalue weighted by atomic mass is 9.99. The number of nitrogens with zero attached hydrogens (tertiary/aromatic N) is 1. The van der Waals surface area contributed by atoms with Crippen LogP contribution in [0.5, 0.6) is 0 Å². The maximum absolute atomic E-state index is 11.9. The topological polar surface area (TPSA) is 50.8 Å². The summed E-state index contributed by atoms with van der Waals surface area (Å²) in [5.74, 6) is 0.716. The summed E-state index contributed by atoms with van der Waals surface area (Å²) in [5, 5.41) is 3.54. The number of amides is 1. The minimum Gasteiger partial charge on any atom is -0.445 e. The molecule has 0 saturated carbocycles. The molecule has 3 rings (SSSR count).